The summed E-state index contributed by atoms with van der Waals surface area (Å²) in [4.78, 5) is 46.7. The number of benzene rings is 2. The van der Waals surface area contributed by atoms with Crippen LogP contribution < -0.4 is 15.5 Å². The van der Waals surface area contributed by atoms with Crippen molar-refractivity contribution in [1.29, 1.82) is 0 Å². The predicted octanol–water partition coefficient (Wildman–Crippen LogP) is 3.77. The highest BCUT2D eigenvalue weighted by Crippen LogP contribution is 2.24. The number of esters is 1. The molecular weight excluding hydrogens is 444 g/mol. The zero-order valence-electron chi connectivity index (χ0n) is 18.2. The Bertz CT molecular complexity index is 1230. The van der Waals surface area contributed by atoms with E-state index in [1.807, 2.05) is 0 Å². The molecule has 2 aromatic carbocycles. The Balaban J connectivity index is 1.71. The number of nitrogens with zero attached hydrogens (tertiary/aromatic N) is 2. The molecule has 0 aliphatic rings. The van der Waals surface area contributed by atoms with Crippen molar-refractivity contribution < 1.29 is 28.5 Å². The van der Waals surface area contributed by atoms with E-state index < -0.39 is 16.8 Å². The first-order chi connectivity index (χ1) is 16.2. The number of carbonyl (C=O) groups excluding carboxylic acids is 3. The lowest BCUT2D eigenvalue weighted by atomic mass is 10.1. The number of rotatable bonds is 8. The third-order valence-electron chi connectivity index (χ3n) is 4.44. The highest BCUT2D eigenvalue weighted by Gasteiger charge is 2.17. The summed E-state index contributed by atoms with van der Waals surface area (Å²) in [5, 5.41) is 17.6. The second-order valence-electron chi connectivity index (χ2n) is 7.27. The third kappa shape index (κ3) is 6.13. The lowest BCUT2D eigenvalue weighted by molar-refractivity contribution is -0.384. The molecule has 174 valence electrons. The van der Waals surface area contributed by atoms with Gasteiger partial charge in [-0.1, -0.05) is 13.8 Å². The van der Waals surface area contributed by atoms with Gasteiger partial charge >= 0.3 is 5.97 Å². The number of amides is 2. The van der Waals surface area contributed by atoms with Crippen molar-refractivity contribution in [3.05, 3.63) is 87.9 Å². The van der Waals surface area contributed by atoms with Crippen LogP contribution in [-0.2, 0) is 4.79 Å². The van der Waals surface area contributed by atoms with E-state index in [0.29, 0.717) is 5.69 Å². The van der Waals surface area contributed by atoms with Gasteiger partial charge in [-0.05, 0) is 42.5 Å². The Kier molecular flexibility index (Phi) is 7.49. The number of nitro groups is 1. The molecule has 2 N–H and O–H groups in total. The highest BCUT2D eigenvalue weighted by atomic mass is 16.6. The van der Waals surface area contributed by atoms with Crippen LogP contribution in [0.25, 0.3) is 0 Å². The summed E-state index contributed by atoms with van der Waals surface area (Å²) in [5.74, 6) is -1.77. The van der Waals surface area contributed by atoms with E-state index in [-0.39, 0.29) is 40.1 Å². The molecule has 0 spiro atoms. The van der Waals surface area contributed by atoms with E-state index >= 15 is 0 Å². The number of nitrogens with one attached hydrogen (secondary N) is 2. The molecular formula is C23H20N4O7. The van der Waals surface area contributed by atoms with Gasteiger partial charge in [0.15, 0.2) is 0 Å². The molecule has 0 radical (unpaired) electrons. The number of furan rings is 1. The minimum atomic E-state index is -0.804. The van der Waals surface area contributed by atoms with Crippen LogP contribution in [0, 0.1) is 16.0 Å². The molecule has 0 saturated heterocycles. The van der Waals surface area contributed by atoms with Crippen LogP contribution in [0.1, 0.15) is 40.3 Å². The van der Waals surface area contributed by atoms with Crippen LogP contribution in [-0.4, -0.2) is 28.9 Å². The number of carbonyl (C=O) groups is 3. The molecule has 0 aliphatic heterocycles. The molecule has 0 atom stereocenters. The molecule has 3 aromatic rings. The highest BCUT2D eigenvalue weighted by molar-refractivity contribution is 5.97. The maximum absolute atomic E-state index is 12.4. The monoisotopic (exact) mass is 464 g/mol. The second-order valence-corrected chi connectivity index (χ2v) is 7.27. The number of nitro benzene ring substituents is 1. The van der Waals surface area contributed by atoms with Gasteiger partial charge in [-0.2, -0.15) is 5.10 Å². The summed E-state index contributed by atoms with van der Waals surface area (Å²) in [6.07, 6.45) is 2.42. The van der Waals surface area contributed by atoms with E-state index in [9.17, 15) is 24.5 Å². The average Bonchev–Trinajstić information content (AvgIpc) is 3.35. The Labute approximate surface area is 193 Å². The maximum atomic E-state index is 12.4. The van der Waals surface area contributed by atoms with Crippen molar-refractivity contribution in [3.63, 3.8) is 0 Å². The number of ether oxygens (including phenoxy) is 1. The molecule has 1 aromatic heterocycles. The van der Waals surface area contributed by atoms with Crippen LogP contribution in [0.5, 0.6) is 5.75 Å². The Morgan fingerprint density at radius 2 is 1.85 bits per heavy atom. The summed E-state index contributed by atoms with van der Waals surface area (Å²) in [6.45, 7) is 3.53. The van der Waals surface area contributed by atoms with Gasteiger partial charge in [0, 0.05) is 34.9 Å². The molecule has 1 heterocycles. The topological polar surface area (TPSA) is 153 Å². The van der Waals surface area contributed by atoms with E-state index in [1.54, 1.807) is 26.0 Å². The fraction of sp³-hybridized carbons (Fsp3) is 0.130. The second kappa shape index (κ2) is 10.7. The number of hydrazone groups is 1. The lowest BCUT2D eigenvalue weighted by Crippen LogP contribution is -2.19. The largest absolute Gasteiger partial charge is 0.457 e. The number of anilines is 1. The predicted molar refractivity (Wildman–Crippen MR) is 122 cm³/mol. The molecule has 0 saturated carbocycles. The van der Waals surface area contributed by atoms with Crippen molar-refractivity contribution in [3.8, 4) is 5.75 Å². The van der Waals surface area contributed by atoms with E-state index in [4.69, 9.17) is 9.15 Å². The van der Waals surface area contributed by atoms with Crippen molar-refractivity contribution in [1.82, 2.24) is 5.43 Å². The van der Waals surface area contributed by atoms with Crippen molar-refractivity contribution in [2.24, 2.45) is 11.0 Å². The van der Waals surface area contributed by atoms with Crippen molar-refractivity contribution >= 4 is 35.4 Å². The smallest absolute Gasteiger partial charge is 0.379 e. The molecule has 11 nitrogen and oxygen atoms in total. The summed E-state index contributed by atoms with van der Waals surface area (Å²) >= 11 is 0. The molecule has 0 aliphatic carbocycles. The quantitative estimate of drug-likeness (QED) is 0.169. The Morgan fingerprint density at radius 1 is 1.12 bits per heavy atom. The van der Waals surface area contributed by atoms with Crippen LogP contribution in [0.3, 0.4) is 0 Å². The van der Waals surface area contributed by atoms with Gasteiger partial charge in [0.05, 0.1) is 17.4 Å². The van der Waals surface area contributed by atoms with Gasteiger partial charge in [0.2, 0.25) is 11.7 Å². The fourth-order valence-corrected chi connectivity index (χ4v) is 2.60. The van der Waals surface area contributed by atoms with E-state index in [0.717, 1.165) is 12.3 Å². The standard InChI is InChI=1S/C23H20N4O7/c1-14(2)21(28)25-17-7-5-15(6-8-17)22(29)26-24-13-16-12-18(27(31)32)9-10-19(16)34-23(30)20-4-3-11-33-20/h3-14H,1-2H3,(H,25,28)(H,26,29)/b24-13+. The lowest BCUT2D eigenvalue weighted by Gasteiger charge is -2.08. The molecule has 0 fully saturated rings. The number of hydrogen-bond acceptors (Lipinski definition) is 8. The summed E-state index contributed by atoms with van der Waals surface area (Å²) in [6, 6.07) is 12.6. The number of non-ortho nitro benzene ring substituents is 1. The molecule has 0 bridgehead atoms. The normalized spacial score (nSPS) is 10.8. The molecule has 2 amide bonds. The fourth-order valence-electron chi connectivity index (χ4n) is 2.60. The SMILES string of the molecule is CC(C)C(=O)Nc1ccc(C(=O)N/N=C/c2cc([N+](=O)[O-])ccc2OC(=O)c2ccco2)cc1. The maximum Gasteiger partial charge on any atom is 0.379 e. The molecule has 34 heavy (non-hydrogen) atoms. The van der Waals surface area contributed by atoms with E-state index in [1.165, 1.54) is 42.7 Å². The van der Waals surface area contributed by atoms with Gasteiger partial charge < -0.3 is 14.5 Å². The average molecular weight is 464 g/mol. The first kappa shape index (κ1) is 23.9. The van der Waals surface area contributed by atoms with Crippen LogP contribution in [0.2, 0.25) is 0 Å². The Morgan fingerprint density at radius 3 is 2.47 bits per heavy atom. The zero-order chi connectivity index (χ0) is 24.7. The molecule has 0 unspecified atom stereocenters. The first-order valence-corrected chi connectivity index (χ1v) is 10.0. The van der Waals surface area contributed by atoms with Crippen LogP contribution >= 0.6 is 0 Å². The van der Waals surface area contributed by atoms with Crippen LogP contribution in [0.4, 0.5) is 11.4 Å². The summed E-state index contributed by atoms with van der Waals surface area (Å²) in [7, 11) is 0. The molecule has 3 rings (SSSR count). The van der Waals surface area contributed by atoms with Gasteiger partial charge in [0.1, 0.15) is 5.75 Å². The third-order valence-corrected chi connectivity index (χ3v) is 4.44. The summed E-state index contributed by atoms with van der Waals surface area (Å²) < 4.78 is 10.2. The minimum Gasteiger partial charge on any atom is -0.457 e. The zero-order valence-corrected chi connectivity index (χ0v) is 18.2. The van der Waals surface area contributed by atoms with E-state index in [2.05, 4.69) is 15.8 Å². The minimum absolute atomic E-state index is 0.0183. The number of hydrogen-bond donors (Lipinski definition) is 2. The Hall–Kier alpha value is -4.80. The van der Waals surface area contributed by atoms with Crippen molar-refractivity contribution in [2.45, 2.75) is 13.8 Å². The first-order valence-electron chi connectivity index (χ1n) is 10.0. The summed E-state index contributed by atoms with van der Waals surface area (Å²) in [5.41, 5.74) is 2.93. The van der Waals surface area contributed by atoms with Gasteiger partial charge in [-0.3, -0.25) is 19.7 Å². The van der Waals surface area contributed by atoms with Gasteiger partial charge in [-0.25, -0.2) is 10.2 Å². The molecule has 11 heteroatoms. The van der Waals surface area contributed by atoms with Crippen molar-refractivity contribution in [2.75, 3.05) is 5.32 Å². The van der Waals surface area contributed by atoms with Crippen LogP contribution in [0.15, 0.2) is 70.4 Å². The van der Waals surface area contributed by atoms with Gasteiger partial charge in [-0.15, -0.1) is 0 Å². The van der Waals surface area contributed by atoms with Gasteiger partial charge in [0.25, 0.3) is 11.6 Å².